The summed E-state index contributed by atoms with van der Waals surface area (Å²) >= 11 is 0. The number of hydrogen-bond acceptors (Lipinski definition) is 9. The van der Waals surface area contributed by atoms with Crippen molar-refractivity contribution in [3.63, 3.8) is 0 Å². The maximum atomic E-state index is 12.6. The zero-order valence-corrected chi connectivity index (χ0v) is 21.9. The van der Waals surface area contributed by atoms with Gasteiger partial charge in [0.15, 0.2) is 0 Å². The number of hydrogen-bond donors (Lipinski definition) is 6. The fourth-order valence-corrected chi connectivity index (χ4v) is 5.22. The number of alkyl carbamates (subject to hydrolysis) is 1. The summed E-state index contributed by atoms with van der Waals surface area (Å²) in [6.45, 7) is -0.535. The molecule has 0 radical (unpaired) electrons. The highest BCUT2D eigenvalue weighted by molar-refractivity contribution is 5.81. The van der Waals surface area contributed by atoms with Gasteiger partial charge < -0.3 is 45.1 Å². The number of fused-ring (bicyclic) bond motifs is 3. The fraction of sp³-hybridized carbons (Fsp3) is 0.333. The molecule has 6 N–H and O–H groups in total. The van der Waals surface area contributed by atoms with E-state index in [4.69, 9.17) is 14.2 Å². The number of carboxylic acid groups (broad SMARTS) is 1. The van der Waals surface area contributed by atoms with Crippen LogP contribution in [0.2, 0.25) is 0 Å². The molecule has 0 bridgehead atoms. The van der Waals surface area contributed by atoms with Crippen molar-refractivity contribution in [3.8, 4) is 16.9 Å². The van der Waals surface area contributed by atoms with Crippen molar-refractivity contribution in [2.75, 3.05) is 13.2 Å². The highest BCUT2D eigenvalue weighted by atomic mass is 16.7. The number of carboxylic acids is 1. The Labute approximate surface area is 235 Å². The third kappa shape index (κ3) is 6.04. The van der Waals surface area contributed by atoms with Gasteiger partial charge >= 0.3 is 12.1 Å². The number of aliphatic hydroxyl groups is 4. The number of ether oxygens (including phenoxy) is 3. The second-order valence-corrected chi connectivity index (χ2v) is 10.0. The number of benzene rings is 3. The average Bonchev–Trinajstić information content (AvgIpc) is 3.30. The van der Waals surface area contributed by atoms with Crippen LogP contribution in [0, 0.1) is 0 Å². The van der Waals surface area contributed by atoms with Crippen LogP contribution in [0.1, 0.15) is 22.6 Å². The lowest BCUT2D eigenvalue weighted by molar-refractivity contribution is -0.277. The molecule has 2 aliphatic rings. The zero-order valence-electron chi connectivity index (χ0n) is 21.9. The zero-order chi connectivity index (χ0) is 29.1. The Morgan fingerprint density at radius 3 is 2.05 bits per heavy atom. The van der Waals surface area contributed by atoms with Crippen LogP contribution in [0.5, 0.6) is 5.75 Å². The molecule has 1 heterocycles. The van der Waals surface area contributed by atoms with E-state index in [0.717, 1.165) is 22.3 Å². The average molecular weight is 566 g/mol. The molecule has 11 nitrogen and oxygen atoms in total. The summed E-state index contributed by atoms with van der Waals surface area (Å²) in [5, 5.41) is 51.4. The van der Waals surface area contributed by atoms with E-state index in [1.54, 1.807) is 12.1 Å². The third-order valence-corrected chi connectivity index (χ3v) is 7.40. The Bertz CT molecular complexity index is 1330. The molecule has 0 saturated carbocycles. The van der Waals surface area contributed by atoms with Gasteiger partial charge in [0.2, 0.25) is 6.29 Å². The van der Waals surface area contributed by atoms with Gasteiger partial charge in [0, 0.05) is 12.3 Å². The minimum Gasteiger partial charge on any atom is -0.480 e. The van der Waals surface area contributed by atoms with E-state index in [2.05, 4.69) is 5.32 Å². The molecule has 3 aromatic rings. The fourth-order valence-electron chi connectivity index (χ4n) is 5.22. The SMILES string of the molecule is O=C(N[C@@H](Cc1ccc(O[C@@H]2O[C@H](CO)[C@@H](O)[C@H](O)[C@H]2O)cc1)C(=O)O)OCC1c2ccccc2-c2ccccc21. The normalized spacial score (nSPS) is 24.1. The number of aliphatic hydroxyl groups excluding tert-OH is 4. The van der Waals surface area contributed by atoms with Crippen molar-refractivity contribution in [1.82, 2.24) is 5.32 Å². The topological polar surface area (TPSA) is 175 Å². The van der Waals surface area contributed by atoms with Crippen LogP contribution in [0.3, 0.4) is 0 Å². The maximum Gasteiger partial charge on any atom is 0.407 e. The quantitative estimate of drug-likeness (QED) is 0.222. The molecule has 0 unspecified atom stereocenters. The van der Waals surface area contributed by atoms with Gasteiger partial charge in [-0.3, -0.25) is 0 Å². The first-order chi connectivity index (χ1) is 19.8. The molecule has 1 aliphatic carbocycles. The second-order valence-electron chi connectivity index (χ2n) is 10.0. The number of carbonyl (C=O) groups excluding carboxylic acids is 1. The number of amides is 1. The summed E-state index contributed by atoms with van der Waals surface area (Å²) < 4.78 is 16.4. The molecule has 41 heavy (non-hydrogen) atoms. The number of aliphatic carboxylic acids is 1. The Morgan fingerprint density at radius 1 is 0.854 bits per heavy atom. The van der Waals surface area contributed by atoms with Crippen LogP contribution in [0.15, 0.2) is 72.8 Å². The van der Waals surface area contributed by atoms with Gasteiger partial charge in [-0.15, -0.1) is 0 Å². The van der Waals surface area contributed by atoms with Gasteiger partial charge in [0.05, 0.1) is 6.61 Å². The highest BCUT2D eigenvalue weighted by Crippen LogP contribution is 2.44. The molecule has 216 valence electrons. The molecule has 1 amide bonds. The number of rotatable bonds is 9. The van der Waals surface area contributed by atoms with E-state index < -0.39 is 55.4 Å². The van der Waals surface area contributed by atoms with Crippen LogP contribution in [0.4, 0.5) is 4.79 Å². The lowest BCUT2D eigenvalue weighted by Crippen LogP contribution is -2.60. The predicted molar refractivity (Wildman–Crippen MR) is 144 cm³/mol. The Kier molecular flexibility index (Phi) is 8.52. The first kappa shape index (κ1) is 28.5. The van der Waals surface area contributed by atoms with Gasteiger partial charge in [-0.1, -0.05) is 60.7 Å². The molecule has 6 atom stereocenters. The monoisotopic (exact) mass is 565 g/mol. The standard InChI is InChI=1S/C30H31NO10/c32-14-24-25(33)26(34)27(35)29(41-24)40-17-11-9-16(10-12-17)13-23(28(36)37)31-30(38)39-15-22-20-7-3-1-5-18(20)19-6-2-4-8-21(19)22/h1-12,22-27,29,32-35H,13-15H2,(H,31,38)(H,36,37)/t23-,24+,25+,26-,27+,29+/m0/s1. The van der Waals surface area contributed by atoms with E-state index in [9.17, 15) is 35.1 Å². The molecule has 3 aromatic carbocycles. The van der Waals surface area contributed by atoms with E-state index in [0.29, 0.717) is 5.56 Å². The summed E-state index contributed by atoms with van der Waals surface area (Å²) in [6, 6.07) is 20.7. The van der Waals surface area contributed by atoms with Crippen LogP contribution in [-0.2, 0) is 20.7 Å². The first-order valence-corrected chi connectivity index (χ1v) is 13.2. The molecular weight excluding hydrogens is 534 g/mol. The summed E-state index contributed by atoms with van der Waals surface area (Å²) in [7, 11) is 0. The molecular formula is C30H31NO10. The Hall–Kier alpha value is -4.00. The van der Waals surface area contributed by atoms with Gasteiger partial charge in [-0.05, 0) is 39.9 Å². The largest absolute Gasteiger partial charge is 0.480 e. The predicted octanol–water partition coefficient (Wildman–Crippen LogP) is 1.40. The third-order valence-electron chi connectivity index (χ3n) is 7.40. The minimum absolute atomic E-state index is 0.0418. The van der Waals surface area contributed by atoms with Crippen molar-refractivity contribution >= 4 is 12.1 Å². The molecule has 11 heteroatoms. The second kappa shape index (κ2) is 12.2. The van der Waals surface area contributed by atoms with Crippen LogP contribution in [-0.4, -0.2) is 87.6 Å². The summed E-state index contributed by atoms with van der Waals surface area (Å²) in [6.07, 6.45) is -8.00. The molecule has 1 aliphatic heterocycles. The maximum absolute atomic E-state index is 12.6. The van der Waals surface area contributed by atoms with Gasteiger partial charge in [-0.2, -0.15) is 0 Å². The van der Waals surface area contributed by atoms with Crippen molar-refractivity contribution in [1.29, 1.82) is 0 Å². The van der Waals surface area contributed by atoms with E-state index in [1.807, 2.05) is 48.5 Å². The number of carbonyl (C=O) groups is 2. The van der Waals surface area contributed by atoms with Gasteiger partial charge in [-0.25, -0.2) is 9.59 Å². The van der Waals surface area contributed by atoms with Crippen LogP contribution >= 0.6 is 0 Å². The Morgan fingerprint density at radius 2 is 1.46 bits per heavy atom. The van der Waals surface area contributed by atoms with Gasteiger partial charge in [0.1, 0.15) is 42.8 Å². The summed E-state index contributed by atoms with van der Waals surface area (Å²) in [5.74, 6) is -1.16. The van der Waals surface area contributed by atoms with Crippen LogP contribution < -0.4 is 10.1 Å². The van der Waals surface area contributed by atoms with Crippen molar-refractivity contribution in [3.05, 3.63) is 89.5 Å². The molecule has 5 rings (SSSR count). The molecule has 0 aromatic heterocycles. The molecule has 1 fully saturated rings. The number of nitrogens with one attached hydrogen (secondary N) is 1. The smallest absolute Gasteiger partial charge is 0.407 e. The van der Waals surface area contributed by atoms with E-state index in [-0.39, 0.29) is 24.7 Å². The minimum atomic E-state index is -1.58. The van der Waals surface area contributed by atoms with Crippen molar-refractivity contribution in [2.45, 2.75) is 49.1 Å². The van der Waals surface area contributed by atoms with Crippen molar-refractivity contribution in [2.24, 2.45) is 0 Å². The van der Waals surface area contributed by atoms with E-state index in [1.165, 1.54) is 12.1 Å². The van der Waals surface area contributed by atoms with Crippen LogP contribution in [0.25, 0.3) is 11.1 Å². The van der Waals surface area contributed by atoms with Gasteiger partial charge in [0.25, 0.3) is 0 Å². The van der Waals surface area contributed by atoms with E-state index >= 15 is 0 Å². The Balaban J connectivity index is 1.17. The summed E-state index contributed by atoms with van der Waals surface area (Å²) in [5.41, 5.74) is 4.82. The lowest BCUT2D eigenvalue weighted by atomic mass is 9.98. The molecule has 1 saturated heterocycles. The molecule has 0 spiro atoms. The summed E-state index contributed by atoms with van der Waals surface area (Å²) in [4.78, 5) is 24.5. The lowest BCUT2D eigenvalue weighted by Gasteiger charge is -2.39. The van der Waals surface area contributed by atoms with Crippen molar-refractivity contribution < 1.29 is 49.3 Å². The first-order valence-electron chi connectivity index (χ1n) is 13.2. The highest BCUT2D eigenvalue weighted by Gasteiger charge is 2.44.